The van der Waals surface area contributed by atoms with Gasteiger partial charge in [0.25, 0.3) is 10.0 Å². The van der Waals surface area contributed by atoms with Gasteiger partial charge in [-0.3, -0.25) is 4.31 Å². The lowest BCUT2D eigenvalue weighted by Crippen LogP contribution is -2.34. The quantitative estimate of drug-likeness (QED) is 0.430. The number of carboxylic acids is 1. The molecule has 0 atom stereocenters. The van der Waals surface area contributed by atoms with Crippen LogP contribution in [-0.2, 0) is 14.8 Å². The summed E-state index contributed by atoms with van der Waals surface area (Å²) >= 11 is 0. The van der Waals surface area contributed by atoms with Crippen LogP contribution < -0.4 is 9.04 Å². The van der Waals surface area contributed by atoms with E-state index >= 15 is 0 Å². The molecule has 0 aromatic heterocycles. The Morgan fingerprint density at radius 3 is 2.11 bits per heavy atom. The maximum absolute atomic E-state index is 13.5. The number of carboxylic acid groups (broad SMARTS) is 1. The summed E-state index contributed by atoms with van der Waals surface area (Å²) in [6, 6.07) is 12.8. The lowest BCUT2D eigenvalue weighted by Gasteiger charge is -2.28. The molecular weight excluding hydrogens is 495 g/mol. The number of carbonyl (C=O) groups is 1. The lowest BCUT2D eigenvalue weighted by molar-refractivity contribution is -0.192. The average molecular weight is 530 g/mol. The fourth-order valence-corrected chi connectivity index (χ4v) is 5.66. The first-order valence-corrected chi connectivity index (χ1v) is 13.3. The van der Waals surface area contributed by atoms with Crippen LogP contribution in [0.3, 0.4) is 0 Å². The van der Waals surface area contributed by atoms with E-state index in [2.05, 4.69) is 0 Å². The molecule has 36 heavy (non-hydrogen) atoms. The van der Waals surface area contributed by atoms with Gasteiger partial charge in [0.1, 0.15) is 5.75 Å². The number of nitrogens with zero attached hydrogens (tertiary/aromatic N) is 1. The van der Waals surface area contributed by atoms with Crippen molar-refractivity contribution in [3.05, 3.63) is 53.6 Å². The van der Waals surface area contributed by atoms with Crippen LogP contribution in [0.1, 0.15) is 50.7 Å². The van der Waals surface area contributed by atoms with Gasteiger partial charge in [-0.2, -0.15) is 13.2 Å². The Kier molecular flexibility index (Phi) is 10.2. The summed E-state index contributed by atoms with van der Waals surface area (Å²) in [6.07, 6.45) is -0.0519. The van der Waals surface area contributed by atoms with Gasteiger partial charge in [-0.1, -0.05) is 44.4 Å². The fraction of sp³-hybridized carbons (Fsp3) is 0.500. The van der Waals surface area contributed by atoms with Crippen molar-refractivity contribution in [3.8, 4) is 5.75 Å². The van der Waals surface area contributed by atoms with Crippen LogP contribution in [0.15, 0.2) is 47.4 Å². The number of rotatable bonds is 8. The van der Waals surface area contributed by atoms with Crippen molar-refractivity contribution in [3.63, 3.8) is 0 Å². The third-order valence-corrected chi connectivity index (χ3v) is 7.56. The standard InChI is InChI=1S/C24H33NO3S.C2HF3O2/c1-18(2)16-25(24-14-9-19(3)15-20(24)4)29(26,27)23-12-10-22(11-13-23)28-17-21-7-5-6-8-21;3-2(4,5)1(6)7/h9-15,18,21H,5-8,16-17H2,1-4H3;(H,6,7). The van der Waals surface area contributed by atoms with Gasteiger partial charge in [0.2, 0.25) is 0 Å². The molecule has 6 nitrogen and oxygen atoms in total. The summed E-state index contributed by atoms with van der Waals surface area (Å²) in [5, 5.41) is 7.12. The highest BCUT2D eigenvalue weighted by molar-refractivity contribution is 7.92. The van der Waals surface area contributed by atoms with E-state index in [1.54, 1.807) is 28.6 Å². The van der Waals surface area contributed by atoms with Gasteiger partial charge < -0.3 is 9.84 Å². The van der Waals surface area contributed by atoms with Crippen LogP contribution >= 0.6 is 0 Å². The minimum Gasteiger partial charge on any atom is -0.493 e. The molecule has 0 amide bonds. The zero-order valence-electron chi connectivity index (χ0n) is 21.0. The van der Waals surface area contributed by atoms with Crippen molar-refractivity contribution in [2.45, 2.75) is 64.5 Å². The summed E-state index contributed by atoms with van der Waals surface area (Å²) in [5.41, 5.74) is 2.83. The van der Waals surface area contributed by atoms with Crippen LogP contribution in [0.2, 0.25) is 0 Å². The normalized spacial score (nSPS) is 14.3. The van der Waals surface area contributed by atoms with Crippen LogP contribution in [0.5, 0.6) is 5.75 Å². The van der Waals surface area contributed by atoms with Crippen molar-refractivity contribution < 1.29 is 36.2 Å². The second-order valence-corrected chi connectivity index (χ2v) is 11.3. The minimum atomic E-state index is -5.08. The van der Waals surface area contributed by atoms with E-state index in [9.17, 15) is 21.6 Å². The topological polar surface area (TPSA) is 83.9 Å². The van der Waals surface area contributed by atoms with E-state index in [0.29, 0.717) is 24.0 Å². The number of ether oxygens (including phenoxy) is 1. The van der Waals surface area contributed by atoms with Crippen LogP contribution in [0.25, 0.3) is 0 Å². The van der Waals surface area contributed by atoms with Crippen LogP contribution in [0, 0.1) is 25.7 Å². The van der Waals surface area contributed by atoms with E-state index in [1.165, 1.54) is 25.7 Å². The first kappa shape index (κ1) is 29.5. The molecule has 0 saturated heterocycles. The van der Waals surface area contributed by atoms with Gasteiger partial charge in [0, 0.05) is 6.54 Å². The van der Waals surface area contributed by atoms with Gasteiger partial charge in [-0.15, -0.1) is 0 Å². The van der Waals surface area contributed by atoms with Gasteiger partial charge in [-0.25, -0.2) is 13.2 Å². The fourth-order valence-electron chi connectivity index (χ4n) is 3.97. The molecule has 0 radical (unpaired) electrons. The SMILES string of the molecule is Cc1ccc(N(CC(C)C)S(=O)(=O)c2ccc(OCC3CCCC3)cc2)c(C)c1.O=C(O)C(F)(F)F. The van der Waals surface area contributed by atoms with Crippen molar-refractivity contribution in [2.75, 3.05) is 17.5 Å². The first-order valence-electron chi connectivity index (χ1n) is 11.8. The number of sulfonamides is 1. The monoisotopic (exact) mass is 529 g/mol. The number of alkyl halides is 3. The van der Waals surface area contributed by atoms with Crippen molar-refractivity contribution >= 4 is 21.7 Å². The lowest BCUT2D eigenvalue weighted by atomic mass is 10.1. The zero-order valence-corrected chi connectivity index (χ0v) is 21.8. The maximum atomic E-state index is 13.5. The number of hydrogen-bond acceptors (Lipinski definition) is 4. The molecule has 1 fully saturated rings. The van der Waals surface area contributed by atoms with E-state index in [0.717, 1.165) is 22.6 Å². The Morgan fingerprint density at radius 2 is 1.64 bits per heavy atom. The van der Waals surface area contributed by atoms with Gasteiger partial charge in [0.15, 0.2) is 0 Å². The summed E-state index contributed by atoms with van der Waals surface area (Å²) in [7, 11) is -3.65. The van der Waals surface area contributed by atoms with Crippen molar-refractivity contribution in [2.24, 2.45) is 11.8 Å². The molecule has 1 saturated carbocycles. The number of halogens is 3. The number of aryl methyl sites for hydroxylation is 2. The van der Waals surface area contributed by atoms with Crippen LogP contribution in [0.4, 0.5) is 18.9 Å². The van der Waals surface area contributed by atoms with Gasteiger partial charge >= 0.3 is 12.1 Å². The van der Waals surface area contributed by atoms with Gasteiger partial charge in [0.05, 0.1) is 17.2 Å². The summed E-state index contributed by atoms with van der Waals surface area (Å²) < 4.78 is 66.1. The van der Waals surface area contributed by atoms with E-state index in [-0.39, 0.29) is 5.92 Å². The number of aliphatic carboxylic acids is 1. The molecule has 3 rings (SSSR count). The highest BCUT2D eigenvalue weighted by Gasteiger charge is 2.38. The molecule has 1 N–H and O–H groups in total. The predicted molar refractivity (Wildman–Crippen MR) is 133 cm³/mol. The summed E-state index contributed by atoms with van der Waals surface area (Å²) in [4.78, 5) is 9.19. The highest BCUT2D eigenvalue weighted by Crippen LogP contribution is 2.30. The molecular formula is C26H34F3NO5S. The zero-order chi connectivity index (χ0) is 27.1. The Balaban J connectivity index is 0.000000572. The first-order chi connectivity index (χ1) is 16.7. The Labute approximate surface area is 211 Å². The summed E-state index contributed by atoms with van der Waals surface area (Å²) in [5.74, 6) is -1.19. The van der Waals surface area contributed by atoms with E-state index < -0.39 is 22.2 Å². The molecule has 1 aliphatic carbocycles. The Morgan fingerprint density at radius 1 is 1.08 bits per heavy atom. The van der Waals surface area contributed by atoms with E-state index in [4.69, 9.17) is 14.6 Å². The number of anilines is 1. The molecule has 2 aromatic carbocycles. The average Bonchev–Trinajstić information content (AvgIpc) is 3.30. The summed E-state index contributed by atoms with van der Waals surface area (Å²) in [6.45, 7) is 9.20. The van der Waals surface area contributed by atoms with Crippen LogP contribution in [-0.4, -0.2) is 38.8 Å². The van der Waals surface area contributed by atoms with Gasteiger partial charge in [-0.05, 0) is 74.4 Å². The molecule has 0 bridgehead atoms. The number of benzene rings is 2. The molecule has 200 valence electrons. The predicted octanol–water partition coefficient (Wildman–Crippen LogP) is 6.36. The maximum Gasteiger partial charge on any atom is 0.490 e. The molecule has 0 unspecified atom stereocenters. The molecule has 10 heteroatoms. The second-order valence-electron chi connectivity index (χ2n) is 9.46. The third kappa shape index (κ3) is 8.43. The Hall–Kier alpha value is -2.75. The molecule has 0 heterocycles. The smallest absolute Gasteiger partial charge is 0.490 e. The molecule has 0 spiro atoms. The molecule has 0 aliphatic heterocycles. The third-order valence-electron chi connectivity index (χ3n) is 5.77. The second kappa shape index (κ2) is 12.5. The minimum absolute atomic E-state index is 0.208. The van der Waals surface area contributed by atoms with Crippen molar-refractivity contribution in [1.29, 1.82) is 0 Å². The largest absolute Gasteiger partial charge is 0.493 e. The van der Waals surface area contributed by atoms with E-state index in [1.807, 2.05) is 45.9 Å². The highest BCUT2D eigenvalue weighted by atomic mass is 32.2. The molecule has 2 aromatic rings. The molecule has 1 aliphatic rings. The number of hydrogen-bond donors (Lipinski definition) is 1. The van der Waals surface area contributed by atoms with Crippen molar-refractivity contribution in [1.82, 2.24) is 0 Å². The Bertz CT molecular complexity index is 1110.